The van der Waals surface area contributed by atoms with Crippen molar-refractivity contribution in [2.45, 2.75) is 6.54 Å². The summed E-state index contributed by atoms with van der Waals surface area (Å²) in [6.07, 6.45) is 1.64. The Bertz CT molecular complexity index is 706. The number of nitrogens with zero attached hydrogens (tertiary/aromatic N) is 4. The van der Waals surface area contributed by atoms with Crippen LogP contribution in [-0.2, 0) is 6.54 Å². The van der Waals surface area contributed by atoms with Gasteiger partial charge in [-0.2, -0.15) is 9.97 Å². The van der Waals surface area contributed by atoms with Crippen molar-refractivity contribution in [2.24, 2.45) is 0 Å². The number of hydrogen-bond acceptors (Lipinski definition) is 5. The summed E-state index contributed by atoms with van der Waals surface area (Å²) in [7, 11) is 3.81. The van der Waals surface area contributed by atoms with Crippen molar-refractivity contribution in [1.82, 2.24) is 19.9 Å². The maximum absolute atomic E-state index is 4.52. The second-order valence-corrected chi connectivity index (χ2v) is 4.56. The van der Waals surface area contributed by atoms with Gasteiger partial charge in [0.25, 0.3) is 0 Å². The Morgan fingerprint density at radius 1 is 1.20 bits per heavy atom. The smallest absolute Gasteiger partial charge is 0.226 e. The summed E-state index contributed by atoms with van der Waals surface area (Å²) in [5.41, 5.74) is 2.74. The molecule has 0 aliphatic carbocycles. The Kier molecular flexibility index (Phi) is 3.20. The van der Waals surface area contributed by atoms with Crippen LogP contribution in [0.1, 0.15) is 5.56 Å². The Hall–Kier alpha value is -2.63. The van der Waals surface area contributed by atoms with Crippen LogP contribution in [0.25, 0.3) is 11.2 Å². The van der Waals surface area contributed by atoms with Crippen molar-refractivity contribution >= 4 is 22.9 Å². The second-order valence-electron chi connectivity index (χ2n) is 4.56. The van der Waals surface area contributed by atoms with E-state index in [4.69, 9.17) is 0 Å². The van der Waals surface area contributed by atoms with E-state index in [0.29, 0.717) is 11.6 Å². The van der Waals surface area contributed by atoms with E-state index in [9.17, 15) is 0 Å². The highest BCUT2D eigenvalue weighted by Gasteiger charge is 2.13. The summed E-state index contributed by atoms with van der Waals surface area (Å²) in [6, 6.07) is 10.3. The van der Waals surface area contributed by atoms with Crippen molar-refractivity contribution < 1.29 is 0 Å². The number of aromatic nitrogens is 4. The molecule has 0 spiro atoms. The van der Waals surface area contributed by atoms with E-state index in [1.807, 2.05) is 25.2 Å². The van der Waals surface area contributed by atoms with E-state index < -0.39 is 0 Å². The van der Waals surface area contributed by atoms with Crippen molar-refractivity contribution in [1.29, 1.82) is 0 Å². The first-order valence-corrected chi connectivity index (χ1v) is 6.42. The van der Waals surface area contributed by atoms with Gasteiger partial charge in [-0.25, -0.2) is 4.98 Å². The molecule has 2 N–H and O–H groups in total. The fraction of sp³-hybridized carbons (Fsp3) is 0.214. The lowest BCUT2D eigenvalue weighted by Crippen LogP contribution is -2.19. The summed E-state index contributed by atoms with van der Waals surface area (Å²) in [5.74, 6) is 1.40. The van der Waals surface area contributed by atoms with Crippen molar-refractivity contribution in [2.75, 3.05) is 24.3 Å². The van der Waals surface area contributed by atoms with E-state index in [2.05, 4.69) is 42.3 Å². The number of nitrogens with one attached hydrogen (secondary N) is 2. The number of rotatable bonds is 4. The van der Waals surface area contributed by atoms with E-state index in [1.54, 1.807) is 13.4 Å². The van der Waals surface area contributed by atoms with Crippen molar-refractivity contribution in [3.63, 3.8) is 0 Å². The van der Waals surface area contributed by atoms with Gasteiger partial charge in [0, 0.05) is 20.6 Å². The molecule has 3 rings (SSSR count). The third kappa shape index (κ3) is 2.27. The van der Waals surface area contributed by atoms with Gasteiger partial charge in [-0.05, 0) is 5.56 Å². The fourth-order valence-corrected chi connectivity index (χ4v) is 2.14. The highest BCUT2D eigenvalue weighted by atomic mass is 15.2. The number of hydrogen-bond donors (Lipinski definition) is 2. The monoisotopic (exact) mass is 268 g/mol. The first-order chi connectivity index (χ1) is 9.78. The van der Waals surface area contributed by atoms with Crippen LogP contribution < -0.4 is 10.2 Å². The minimum absolute atomic E-state index is 0.569. The molecule has 0 saturated carbocycles. The molecule has 6 nitrogen and oxygen atoms in total. The lowest BCUT2D eigenvalue weighted by molar-refractivity contribution is 0.899. The van der Waals surface area contributed by atoms with Gasteiger partial charge in [-0.1, -0.05) is 30.3 Å². The fourth-order valence-electron chi connectivity index (χ4n) is 2.14. The number of anilines is 2. The van der Waals surface area contributed by atoms with Gasteiger partial charge in [0.2, 0.25) is 5.95 Å². The highest BCUT2D eigenvalue weighted by molar-refractivity contribution is 5.84. The Balaban J connectivity index is 1.98. The lowest BCUT2D eigenvalue weighted by atomic mass is 10.2. The predicted octanol–water partition coefficient (Wildman–Crippen LogP) is 2.03. The standard InChI is InChI=1S/C14H16N6/c1-15-14-18-12-11(16-9-17-12)13(19-14)20(2)8-10-6-4-3-5-7-10/h3-7,9H,8H2,1-2H3,(H2,15,16,17,18,19). The average molecular weight is 268 g/mol. The normalized spacial score (nSPS) is 10.7. The Morgan fingerprint density at radius 3 is 2.75 bits per heavy atom. The van der Waals surface area contributed by atoms with Crippen LogP contribution in [0.3, 0.4) is 0 Å². The largest absolute Gasteiger partial charge is 0.357 e. The molecular formula is C14H16N6. The number of aromatic amines is 1. The summed E-state index contributed by atoms with van der Waals surface area (Å²) in [6.45, 7) is 0.773. The van der Waals surface area contributed by atoms with Crippen LogP contribution in [0.15, 0.2) is 36.7 Å². The van der Waals surface area contributed by atoms with Gasteiger partial charge in [-0.3, -0.25) is 0 Å². The van der Waals surface area contributed by atoms with Crippen LogP contribution >= 0.6 is 0 Å². The molecule has 0 atom stereocenters. The van der Waals surface area contributed by atoms with Crippen LogP contribution in [0.2, 0.25) is 0 Å². The number of imidazole rings is 1. The van der Waals surface area contributed by atoms with E-state index in [-0.39, 0.29) is 0 Å². The summed E-state index contributed by atoms with van der Waals surface area (Å²) < 4.78 is 0. The second kappa shape index (κ2) is 5.16. The van der Waals surface area contributed by atoms with Gasteiger partial charge < -0.3 is 15.2 Å². The molecule has 0 fully saturated rings. The number of H-pyrrole nitrogens is 1. The molecule has 2 aromatic heterocycles. The Labute approximate surface area is 116 Å². The zero-order valence-corrected chi connectivity index (χ0v) is 11.5. The molecule has 0 unspecified atom stereocenters. The molecule has 0 amide bonds. The highest BCUT2D eigenvalue weighted by Crippen LogP contribution is 2.22. The summed E-state index contributed by atoms with van der Waals surface area (Å²) >= 11 is 0. The molecule has 0 radical (unpaired) electrons. The van der Waals surface area contributed by atoms with Crippen molar-refractivity contribution in [3.05, 3.63) is 42.2 Å². The predicted molar refractivity (Wildman–Crippen MR) is 79.8 cm³/mol. The minimum Gasteiger partial charge on any atom is -0.357 e. The van der Waals surface area contributed by atoms with Crippen LogP contribution in [0.4, 0.5) is 11.8 Å². The third-order valence-corrected chi connectivity index (χ3v) is 3.11. The molecule has 6 heteroatoms. The molecule has 2 heterocycles. The van der Waals surface area contributed by atoms with Gasteiger partial charge in [-0.15, -0.1) is 0 Å². The van der Waals surface area contributed by atoms with Crippen molar-refractivity contribution in [3.8, 4) is 0 Å². The SMILES string of the molecule is CNc1nc(N(C)Cc2ccccc2)c2[nH]cnc2n1. The topological polar surface area (TPSA) is 69.7 Å². The molecule has 3 aromatic rings. The molecule has 0 aliphatic heterocycles. The summed E-state index contributed by atoms with van der Waals surface area (Å²) in [5, 5.41) is 2.97. The first-order valence-electron chi connectivity index (χ1n) is 6.42. The van der Waals surface area contributed by atoms with Crippen LogP contribution in [-0.4, -0.2) is 34.0 Å². The van der Waals surface area contributed by atoms with Gasteiger partial charge in [0.05, 0.1) is 6.33 Å². The zero-order chi connectivity index (χ0) is 13.9. The third-order valence-electron chi connectivity index (χ3n) is 3.11. The van der Waals surface area contributed by atoms with Gasteiger partial charge >= 0.3 is 0 Å². The Morgan fingerprint density at radius 2 is 2.00 bits per heavy atom. The number of fused-ring (bicyclic) bond motifs is 1. The molecule has 1 aromatic carbocycles. The maximum atomic E-state index is 4.52. The molecule has 0 bridgehead atoms. The van der Waals surface area contributed by atoms with E-state index in [0.717, 1.165) is 17.9 Å². The lowest BCUT2D eigenvalue weighted by Gasteiger charge is -2.19. The van der Waals surface area contributed by atoms with Crippen LogP contribution in [0.5, 0.6) is 0 Å². The maximum Gasteiger partial charge on any atom is 0.226 e. The molecule has 0 saturated heterocycles. The van der Waals surface area contributed by atoms with Gasteiger partial charge in [0.1, 0.15) is 5.52 Å². The van der Waals surface area contributed by atoms with E-state index in [1.165, 1.54) is 5.56 Å². The molecule has 0 aliphatic rings. The zero-order valence-electron chi connectivity index (χ0n) is 11.5. The molecule has 20 heavy (non-hydrogen) atoms. The molecular weight excluding hydrogens is 252 g/mol. The molecule has 102 valence electrons. The quantitative estimate of drug-likeness (QED) is 0.757. The average Bonchev–Trinajstić information content (AvgIpc) is 2.95. The van der Waals surface area contributed by atoms with E-state index >= 15 is 0 Å². The number of benzene rings is 1. The summed E-state index contributed by atoms with van der Waals surface area (Å²) in [4.78, 5) is 18.2. The minimum atomic E-state index is 0.569. The first kappa shape index (κ1) is 12.4. The van der Waals surface area contributed by atoms with Gasteiger partial charge in [0.15, 0.2) is 11.5 Å². The van der Waals surface area contributed by atoms with Crippen LogP contribution in [0, 0.1) is 0 Å².